The topological polar surface area (TPSA) is 38.7 Å². The highest BCUT2D eigenvalue weighted by molar-refractivity contribution is 7.98. The summed E-state index contributed by atoms with van der Waals surface area (Å²) in [6.07, 6.45) is 8.66. The second-order valence-electron chi connectivity index (χ2n) is 7.65. The minimum absolute atomic E-state index is 0.582. The maximum Gasteiger partial charge on any atom is 0.126 e. The predicted molar refractivity (Wildman–Crippen MR) is 129 cm³/mol. The van der Waals surface area contributed by atoms with Crippen LogP contribution in [0.5, 0.6) is 0 Å². The number of pyridine rings is 1. The molecule has 3 nitrogen and oxygen atoms in total. The Hall–Kier alpha value is -1.40. The molecule has 154 valence electrons. The third kappa shape index (κ3) is 3.70. The van der Waals surface area contributed by atoms with Crippen LogP contribution in [-0.4, -0.2) is 15.0 Å². The van der Waals surface area contributed by atoms with Gasteiger partial charge in [-0.05, 0) is 60.9 Å². The van der Waals surface area contributed by atoms with E-state index >= 15 is 0 Å². The van der Waals surface area contributed by atoms with Crippen molar-refractivity contribution in [3.63, 3.8) is 0 Å². The van der Waals surface area contributed by atoms with Crippen LogP contribution in [0.1, 0.15) is 48.6 Å². The Kier molecular flexibility index (Phi) is 5.89. The first-order chi connectivity index (χ1) is 14.7. The molecule has 5 rings (SSSR count). The van der Waals surface area contributed by atoms with Gasteiger partial charge in [0.1, 0.15) is 16.2 Å². The monoisotopic (exact) mass is 473 g/mol. The van der Waals surface area contributed by atoms with Crippen molar-refractivity contribution in [2.45, 2.75) is 56.2 Å². The third-order valence-electron chi connectivity index (χ3n) is 5.62. The first-order valence-corrected chi connectivity index (χ1v) is 12.9. The number of nitrogens with zero attached hydrogens (tertiary/aromatic N) is 3. The van der Waals surface area contributed by atoms with Gasteiger partial charge >= 0.3 is 0 Å². The summed E-state index contributed by atoms with van der Waals surface area (Å²) >= 11 is 15.7. The number of benzene rings is 1. The van der Waals surface area contributed by atoms with Crippen molar-refractivity contribution in [2.24, 2.45) is 0 Å². The number of hydrogen-bond donors (Lipinski definition) is 0. The number of aromatic nitrogens is 3. The molecule has 1 aliphatic carbocycles. The molecule has 3 heterocycles. The summed E-state index contributed by atoms with van der Waals surface area (Å²) in [5.41, 5.74) is 6.46. The molecule has 1 aliphatic rings. The average molecular weight is 474 g/mol. The van der Waals surface area contributed by atoms with Gasteiger partial charge in [-0.15, -0.1) is 23.1 Å². The average Bonchev–Trinajstić information content (AvgIpc) is 3.14. The maximum atomic E-state index is 6.18. The van der Waals surface area contributed by atoms with Crippen LogP contribution in [0.3, 0.4) is 0 Å². The first kappa shape index (κ1) is 20.5. The van der Waals surface area contributed by atoms with Crippen LogP contribution in [0.15, 0.2) is 29.6 Å². The van der Waals surface area contributed by atoms with E-state index in [0.717, 1.165) is 57.1 Å². The fourth-order valence-electron chi connectivity index (χ4n) is 4.24. The molecule has 0 saturated carbocycles. The molecule has 7 heteroatoms. The molecule has 4 aromatic rings. The van der Waals surface area contributed by atoms with Crippen LogP contribution in [0, 0.1) is 0 Å². The second kappa shape index (κ2) is 8.62. The van der Waals surface area contributed by atoms with Gasteiger partial charge in [0.15, 0.2) is 0 Å². The molecule has 0 spiro atoms. The maximum absolute atomic E-state index is 6.18. The van der Waals surface area contributed by atoms with E-state index in [1.165, 1.54) is 35.0 Å². The van der Waals surface area contributed by atoms with E-state index in [1.807, 2.05) is 18.2 Å². The Bertz CT molecular complexity index is 1250. The summed E-state index contributed by atoms with van der Waals surface area (Å²) in [5, 5.41) is 3.45. The van der Waals surface area contributed by atoms with Gasteiger partial charge in [-0.2, -0.15) is 0 Å². The Labute approximate surface area is 194 Å². The van der Waals surface area contributed by atoms with Crippen molar-refractivity contribution >= 4 is 66.7 Å². The Morgan fingerprint density at radius 3 is 2.70 bits per heavy atom. The van der Waals surface area contributed by atoms with Crippen LogP contribution in [-0.2, 0) is 25.0 Å². The lowest BCUT2D eigenvalue weighted by atomic mass is 9.88. The zero-order chi connectivity index (χ0) is 20.7. The largest absolute Gasteiger partial charge is 0.242 e. The highest BCUT2D eigenvalue weighted by Gasteiger charge is 2.23. The van der Waals surface area contributed by atoms with Gasteiger partial charge in [-0.1, -0.05) is 42.6 Å². The molecular weight excluding hydrogens is 453 g/mol. The molecule has 0 atom stereocenters. The quantitative estimate of drug-likeness (QED) is 0.220. The van der Waals surface area contributed by atoms with Gasteiger partial charge in [0, 0.05) is 16.8 Å². The Morgan fingerprint density at radius 1 is 1.07 bits per heavy atom. The van der Waals surface area contributed by atoms with E-state index < -0.39 is 0 Å². The lowest BCUT2D eigenvalue weighted by Gasteiger charge is -2.19. The predicted octanol–water partition coefficient (Wildman–Crippen LogP) is 7.67. The number of aryl methyl sites for hydroxylation is 2. The molecule has 0 saturated heterocycles. The van der Waals surface area contributed by atoms with Crippen molar-refractivity contribution in [2.75, 3.05) is 0 Å². The fourth-order valence-corrected chi connectivity index (χ4v) is 6.76. The summed E-state index contributed by atoms with van der Waals surface area (Å²) < 4.78 is 1.14. The van der Waals surface area contributed by atoms with Gasteiger partial charge in [0.2, 0.25) is 0 Å². The van der Waals surface area contributed by atoms with E-state index in [4.69, 9.17) is 33.2 Å². The number of halogens is 2. The fraction of sp³-hybridized carbons (Fsp3) is 0.348. The molecule has 1 aromatic carbocycles. The van der Waals surface area contributed by atoms with Crippen LogP contribution in [0.2, 0.25) is 10.0 Å². The highest BCUT2D eigenvalue weighted by atomic mass is 35.5. The number of thioether (sulfide) groups is 1. The molecule has 0 unspecified atom stereocenters. The lowest BCUT2D eigenvalue weighted by molar-refractivity contribution is 0.675. The Balaban J connectivity index is 1.59. The van der Waals surface area contributed by atoms with Gasteiger partial charge in [0.25, 0.3) is 0 Å². The number of hydrogen-bond acceptors (Lipinski definition) is 5. The van der Waals surface area contributed by atoms with Crippen molar-refractivity contribution in [1.29, 1.82) is 0 Å². The number of thiophene rings is 1. The van der Waals surface area contributed by atoms with Crippen LogP contribution in [0.25, 0.3) is 20.4 Å². The van der Waals surface area contributed by atoms with E-state index in [1.54, 1.807) is 29.4 Å². The van der Waals surface area contributed by atoms with Crippen molar-refractivity contribution < 1.29 is 0 Å². The highest BCUT2D eigenvalue weighted by Crippen LogP contribution is 2.42. The van der Waals surface area contributed by atoms with Crippen LogP contribution < -0.4 is 0 Å². The molecule has 0 radical (unpaired) electrons. The normalized spacial score (nSPS) is 13.8. The summed E-state index contributed by atoms with van der Waals surface area (Å²) in [4.78, 5) is 15.5. The molecule has 0 N–H and O–H groups in total. The SMILES string of the molecule is CCCc1nc2sc3c(SCc4ccc(Cl)c(Cl)c4)ncnc3c2c2c1CCCC2. The smallest absolute Gasteiger partial charge is 0.126 e. The first-order valence-electron chi connectivity index (χ1n) is 10.3. The van der Waals surface area contributed by atoms with Crippen LogP contribution >= 0.6 is 46.3 Å². The van der Waals surface area contributed by atoms with Crippen molar-refractivity contribution in [1.82, 2.24) is 15.0 Å². The molecule has 0 fully saturated rings. The molecular formula is C23H21Cl2N3S2. The Morgan fingerprint density at radius 2 is 1.90 bits per heavy atom. The molecule has 30 heavy (non-hydrogen) atoms. The second-order valence-corrected chi connectivity index (χ2v) is 10.4. The van der Waals surface area contributed by atoms with Crippen molar-refractivity contribution in [3.05, 3.63) is 57.0 Å². The van der Waals surface area contributed by atoms with Gasteiger partial charge in [-0.25, -0.2) is 15.0 Å². The summed E-state index contributed by atoms with van der Waals surface area (Å²) in [6, 6.07) is 5.79. The van der Waals surface area contributed by atoms with Gasteiger partial charge < -0.3 is 0 Å². The summed E-state index contributed by atoms with van der Waals surface area (Å²) in [5.74, 6) is 0.782. The zero-order valence-electron chi connectivity index (χ0n) is 16.7. The van der Waals surface area contributed by atoms with Crippen molar-refractivity contribution in [3.8, 4) is 0 Å². The van der Waals surface area contributed by atoms with E-state index in [2.05, 4.69) is 11.9 Å². The molecule has 0 amide bonds. The molecule has 3 aromatic heterocycles. The van der Waals surface area contributed by atoms with E-state index in [9.17, 15) is 0 Å². The standard InChI is InChI=1S/C23H21Cl2N3S2/c1-2-5-18-14-6-3-4-7-15(14)19-20-21(30-22(19)28-18)23(27-12-26-20)29-11-13-8-9-16(24)17(25)10-13/h8-10,12H,2-7,11H2,1H3. The third-order valence-corrected chi connectivity index (χ3v) is 8.63. The minimum atomic E-state index is 0.582. The lowest BCUT2D eigenvalue weighted by Crippen LogP contribution is -2.09. The van der Waals surface area contributed by atoms with Gasteiger partial charge in [0.05, 0.1) is 20.3 Å². The number of rotatable bonds is 5. The van der Waals surface area contributed by atoms with Gasteiger partial charge in [-0.3, -0.25) is 0 Å². The van der Waals surface area contributed by atoms with E-state index in [0.29, 0.717) is 10.0 Å². The molecule has 0 aliphatic heterocycles. The van der Waals surface area contributed by atoms with Crippen LogP contribution in [0.4, 0.5) is 0 Å². The summed E-state index contributed by atoms with van der Waals surface area (Å²) in [6.45, 7) is 2.23. The molecule has 0 bridgehead atoms. The summed E-state index contributed by atoms with van der Waals surface area (Å²) in [7, 11) is 0. The van der Waals surface area contributed by atoms with E-state index in [-0.39, 0.29) is 0 Å². The zero-order valence-corrected chi connectivity index (χ0v) is 19.8. The minimum Gasteiger partial charge on any atom is -0.242 e. The number of fused-ring (bicyclic) bond motifs is 5.